The van der Waals surface area contributed by atoms with Crippen molar-refractivity contribution < 1.29 is 14.3 Å². The molecule has 3 rings (SSSR count). The second-order valence-electron chi connectivity index (χ2n) is 7.24. The first-order chi connectivity index (χ1) is 12.6. The predicted octanol–water partition coefficient (Wildman–Crippen LogP) is 2.50. The summed E-state index contributed by atoms with van der Waals surface area (Å²) in [6, 6.07) is 8.09. The molecule has 1 aromatic rings. The van der Waals surface area contributed by atoms with Gasteiger partial charge in [0, 0.05) is 57.5 Å². The monoisotopic (exact) mass is 359 g/mol. The van der Waals surface area contributed by atoms with Crippen molar-refractivity contribution in [2.45, 2.75) is 38.7 Å². The number of piperidine rings is 2. The van der Waals surface area contributed by atoms with Crippen LogP contribution in [0.5, 0.6) is 0 Å². The zero-order valence-corrected chi connectivity index (χ0v) is 15.7. The molecule has 2 saturated heterocycles. The lowest BCUT2D eigenvalue weighted by Gasteiger charge is -2.33. The van der Waals surface area contributed by atoms with Gasteiger partial charge in [0.1, 0.15) is 0 Å². The first-order valence-corrected chi connectivity index (χ1v) is 9.51. The number of carbonyl (C=O) groups is 2. The van der Waals surface area contributed by atoms with Crippen molar-refractivity contribution in [3.63, 3.8) is 0 Å². The fourth-order valence-corrected chi connectivity index (χ4v) is 3.81. The molecule has 1 N–H and O–H groups in total. The molecule has 26 heavy (non-hydrogen) atoms. The Bertz CT molecular complexity index is 616. The summed E-state index contributed by atoms with van der Waals surface area (Å²) in [5.41, 5.74) is 2.02. The van der Waals surface area contributed by atoms with E-state index in [2.05, 4.69) is 22.3 Å². The van der Waals surface area contributed by atoms with E-state index in [0.29, 0.717) is 19.2 Å². The normalized spacial score (nSPS) is 19.5. The van der Waals surface area contributed by atoms with Crippen LogP contribution in [0.15, 0.2) is 24.3 Å². The van der Waals surface area contributed by atoms with Gasteiger partial charge in [-0.1, -0.05) is 0 Å². The number of likely N-dealkylation sites (tertiary alicyclic amines) is 1. The molecule has 0 spiro atoms. The number of anilines is 2. The number of hydrogen-bond acceptors (Lipinski definition) is 4. The zero-order valence-electron chi connectivity index (χ0n) is 15.7. The first kappa shape index (κ1) is 18.7. The van der Waals surface area contributed by atoms with Crippen molar-refractivity contribution in [1.82, 2.24) is 4.90 Å². The third-order valence-electron chi connectivity index (χ3n) is 5.59. The molecular weight excluding hydrogens is 330 g/mol. The van der Waals surface area contributed by atoms with Crippen LogP contribution in [0.25, 0.3) is 0 Å². The predicted molar refractivity (Wildman–Crippen MR) is 102 cm³/mol. The van der Waals surface area contributed by atoms with E-state index in [1.165, 1.54) is 5.69 Å². The van der Waals surface area contributed by atoms with E-state index in [4.69, 9.17) is 4.74 Å². The van der Waals surface area contributed by atoms with Crippen LogP contribution in [0.2, 0.25) is 0 Å². The zero-order chi connectivity index (χ0) is 18.5. The Morgan fingerprint density at radius 3 is 2.15 bits per heavy atom. The maximum Gasteiger partial charge on any atom is 0.227 e. The molecule has 0 aromatic heterocycles. The summed E-state index contributed by atoms with van der Waals surface area (Å²) in [7, 11) is 1.78. The molecule has 0 unspecified atom stereocenters. The van der Waals surface area contributed by atoms with Gasteiger partial charge in [-0.05, 0) is 49.9 Å². The van der Waals surface area contributed by atoms with Crippen LogP contribution < -0.4 is 10.2 Å². The molecule has 6 nitrogen and oxygen atoms in total. The van der Waals surface area contributed by atoms with Gasteiger partial charge in [0.05, 0.1) is 6.10 Å². The molecule has 0 saturated carbocycles. The molecule has 2 aliphatic heterocycles. The molecule has 0 bridgehead atoms. The maximum atomic E-state index is 12.5. The van der Waals surface area contributed by atoms with Crippen molar-refractivity contribution in [3.05, 3.63) is 24.3 Å². The number of methoxy groups -OCH3 is 1. The van der Waals surface area contributed by atoms with Crippen molar-refractivity contribution in [3.8, 4) is 0 Å². The molecule has 142 valence electrons. The third kappa shape index (κ3) is 4.55. The minimum atomic E-state index is -0.0154. The highest BCUT2D eigenvalue weighted by molar-refractivity contribution is 5.93. The molecule has 2 aliphatic rings. The van der Waals surface area contributed by atoms with E-state index < -0.39 is 0 Å². The first-order valence-electron chi connectivity index (χ1n) is 9.51. The lowest BCUT2D eigenvalue weighted by Crippen LogP contribution is -2.40. The molecule has 1 aromatic carbocycles. The van der Waals surface area contributed by atoms with Crippen molar-refractivity contribution in [1.29, 1.82) is 0 Å². The Morgan fingerprint density at radius 1 is 1.00 bits per heavy atom. The Morgan fingerprint density at radius 2 is 1.62 bits per heavy atom. The molecule has 0 radical (unpaired) electrons. The quantitative estimate of drug-likeness (QED) is 0.897. The number of amides is 2. The number of nitrogens with one attached hydrogen (secondary N) is 1. The van der Waals surface area contributed by atoms with E-state index in [9.17, 15) is 9.59 Å². The summed E-state index contributed by atoms with van der Waals surface area (Å²) < 4.78 is 5.42. The summed E-state index contributed by atoms with van der Waals surface area (Å²) in [6.07, 6.45) is 3.94. The lowest BCUT2D eigenvalue weighted by molar-refractivity contribution is -0.132. The standard InChI is InChI=1S/C20H29N3O3/c1-15(24)22-11-7-16(8-12-22)20(25)21-17-3-5-18(6-4-17)23-13-9-19(26-2)10-14-23/h3-6,16,19H,7-14H2,1-2H3,(H,21,25). The Hall–Kier alpha value is -2.08. The molecule has 2 heterocycles. The Balaban J connectivity index is 1.50. The van der Waals surface area contributed by atoms with Gasteiger partial charge in [-0.2, -0.15) is 0 Å². The van der Waals surface area contributed by atoms with E-state index in [1.54, 1.807) is 14.0 Å². The number of benzene rings is 1. The van der Waals surface area contributed by atoms with Gasteiger partial charge in [0.2, 0.25) is 11.8 Å². The molecule has 0 atom stereocenters. The van der Waals surface area contributed by atoms with Gasteiger partial charge in [0.25, 0.3) is 0 Å². The highest BCUT2D eigenvalue weighted by Crippen LogP contribution is 2.24. The smallest absolute Gasteiger partial charge is 0.227 e. The van der Waals surface area contributed by atoms with Gasteiger partial charge in [-0.15, -0.1) is 0 Å². The fraction of sp³-hybridized carbons (Fsp3) is 0.600. The molecule has 2 fully saturated rings. The van der Waals surface area contributed by atoms with Gasteiger partial charge < -0.3 is 19.9 Å². The van der Waals surface area contributed by atoms with Gasteiger partial charge in [-0.3, -0.25) is 9.59 Å². The topological polar surface area (TPSA) is 61.9 Å². The number of rotatable bonds is 4. The summed E-state index contributed by atoms with van der Waals surface area (Å²) in [5, 5.41) is 3.02. The number of hydrogen-bond donors (Lipinski definition) is 1. The second-order valence-corrected chi connectivity index (χ2v) is 7.24. The average molecular weight is 359 g/mol. The lowest BCUT2D eigenvalue weighted by atomic mass is 9.96. The highest BCUT2D eigenvalue weighted by atomic mass is 16.5. The van der Waals surface area contributed by atoms with E-state index in [0.717, 1.165) is 44.5 Å². The molecule has 0 aliphatic carbocycles. The Kier molecular flexibility index (Phi) is 6.14. The Labute approximate surface area is 155 Å². The van der Waals surface area contributed by atoms with Crippen LogP contribution in [0, 0.1) is 5.92 Å². The van der Waals surface area contributed by atoms with Crippen LogP contribution in [0.4, 0.5) is 11.4 Å². The van der Waals surface area contributed by atoms with E-state index >= 15 is 0 Å². The van der Waals surface area contributed by atoms with Crippen LogP contribution in [-0.4, -0.2) is 56.1 Å². The van der Waals surface area contributed by atoms with E-state index in [1.807, 2.05) is 17.0 Å². The summed E-state index contributed by atoms with van der Waals surface area (Å²) >= 11 is 0. The molecular formula is C20H29N3O3. The van der Waals surface area contributed by atoms with Crippen molar-refractivity contribution in [2.24, 2.45) is 5.92 Å². The molecule has 2 amide bonds. The second kappa shape index (κ2) is 8.54. The summed E-state index contributed by atoms with van der Waals surface area (Å²) in [5.74, 6) is 0.134. The fourth-order valence-electron chi connectivity index (χ4n) is 3.81. The maximum absolute atomic E-state index is 12.5. The third-order valence-corrected chi connectivity index (χ3v) is 5.59. The van der Waals surface area contributed by atoms with Gasteiger partial charge in [-0.25, -0.2) is 0 Å². The highest BCUT2D eigenvalue weighted by Gasteiger charge is 2.26. The molecule has 6 heteroatoms. The van der Waals surface area contributed by atoms with Crippen LogP contribution in [0.1, 0.15) is 32.6 Å². The van der Waals surface area contributed by atoms with Crippen LogP contribution in [0.3, 0.4) is 0 Å². The van der Waals surface area contributed by atoms with Gasteiger partial charge >= 0.3 is 0 Å². The van der Waals surface area contributed by atoms with Crippen LogP contribution in [-0.2, 0) is 14.3 Å². The van der Waals surface area contributed by atoms with Crippen LogP contribution >= 0.6 is 0 Å². The minimum absolute atomic E-state index is 0.0154. The number of nitrogens with zero attached hydrogens (tertiary/aromatic N) is 2. The largest absolute Gasteiger partial charge is 0.381 e. The van der Waals surface area contributed by atoms with E-state index in [-0.39, 0.29) is 17.7 Å². The number of carbonyl (C=O) groups excluding carboxylic acids is 2. The SMILES string of the molecule is COC1CCN(c2ccc(NC(=O)C3CCN(C(C)=O)CC3)cc2)CC1. The minimum Gasteiger partial charge on any atom is -0.381 e. The summed E-state index contributed by atoms with van der Waals surface area (Å²) in [4.78, 5) is 28.0. The average Bonchev–Trinajstić information content (AvgIpc) is 2.68. The van der Waals surface area contributed by atoms with Crippen molar-refractivity contribution in [2.75, 3.05) is 43.5 Å². The summed E-state index contributed by atoms with van der Waals surface area (Å²) in [6.45, 7) is 4.92. The van der Waals surface area contributed by atoms with Crippen molar-refractivity contribution >= 4 is 23.2 Å². The number of ether oxygens (including phenoxy) is 1. The van der Waals surface area contributed by atoms with Gasteiger partial charge in [0.15, 0.2) is 0 Å².